The van der Waals surface area contributed by atoms with Crippen molar-refractivity contribution in [3.63, 3.8) is 0 Å². The first-order valence-electron chi connectivity index (χ1n) is 7.48. The van der Waals surface area contributed by atoms with Crippen LogP contribution in [0.1, 0.15) is 48.0 Å². The monoisotopic (exact) mass is 338 g/mol. The molecule has 1 atom stereocenters. The van der Waals surface area contributed by atoms with Crippen LogP contribution in [0.5, 0.6) is 0 Å². The standard InChI is InChI=1S/C16H22N2O6/c1-9(2)5-13(15(21)23-4)18-14(20)8-24-16(22)12-6-11(7-17-12)10(3)19/h6-7,9,13,17H,5,8H2,1-4H3,(H,18,20)/t13-/m1/s1. The molecule has 132 valence electrons. The number of Topliss-reactive ketones (excluding diaryl/α,β-unsaturated/α-hetero) is 1. The molecule has 0 aromatic carbocycles. The van der Waals surface area contributed by atoms with Crippen molar-refractivity contribution in [3.8, 4) is 0 Å². The van der Waals surface area contributed by atoms with Crippen molar-refractivity contribution in [3.05, 3.63) is 23.5 Å². The van der Waals surface area contributed by atoms with Crippen LogP contribution < -0.4 is 5.32 Å². The Labute approximate surface area is 139 Å². The summed E-state index contributed by atoms with van der Waals surface area (Å²) in [6.45, 7) is 4.63. The second kappa shape index (κ2) is 8.85. The average Bonchev–Trinajstić information content (AvgIpc) is 3.01. The lowest BCUT2D eigenvalue weighted by atomic mass is 10.0. The van der Waals surface area contributed by atoms with Crippen LogP contribution in [0.2, 0.25) is 0 Å². The number of ketones is 1. The van der Waals surface area contributed by atoms with Crippen molar-refractivity contribution in [1.82, 2.24) is 10.3 Å². The van der Waals surface area contributed by atoms with Gasteiger partial charge in [-0.25, -0.2) is 9.59 Å². The van der Waals surface area contributed by atoms with Crippen LogP contribution in [0, 0.1) is 5.92 Å². The van der Waals surface area contributed by atoms with E-state index in [0.29, 0.717) is 12.0 Å². The minimum atomic E-state index is -0.795. The number of hydrogen-bond acceptors (Lipinski definition) is 6. The molecule has 0 unspecified atom stereocenters. The lowest BCUT2D eigenvalue weighted by molar-refractivity contribution is -0.145. The third-order valence-corrected chi connectivity index (χ3v) is 3.17. The fraction of sp³-hybridized carbons (Fsp3) is 0.500. The highest BCUT2D eigenvalue weighted by Gasteiger charge is 2.23. The second-order valence-electron chi connectivity index (χ2n) is 5.71. The lowest BCUT2D eigenvalue weighted by Gasteiger charge is -2.18. The van der Waals surface area contributed by atoms with Gasteiger partial charge in [0.15, 0.2) is 12.4 Å². The molecule has 1 aromatic heterocycles. The van der Waals surface area contributed by atoms with Crippen LogP contribution in [0.4, 0.5) is 0 Å². The summed E-state index contributed by atoms with van der Waals surface area (Å²) in [6.07, 6.45) is 1.79. The number of carbonyl (C=O) groups is 4. The summed E-state index contributed by atoms with van der Waals surface area (Å²) in [7, 11) is 1.24. The zero-order valence-electron chi connectivity index (χ0n) is 14.2. The van der Waals surface area contributed by atoms with Gasteiger partial charge in [0.25, 0.3) is 5.91 Å². The molecule has 8 nitrogen and oxygen atoms in total. The van der Waals surface area contributed by atoms with E-state index in [2.05, 4.69) is 15.0 Å². The van der Waals surface area contributed by atoms with Crippen molar-refractivity contribution in [2.45, 2.75) is 33.2 Å². The van der Waals surface area contributed by atoms with Gasteiger partial charge < -0.3 is 19.8 Å². The van der Waals surface area contributed by atoms with Crippen molar-refractivity contribution >= 4 is 23.6 Å². The minimum absolute atomic E-state index is 0.0692. The molecule has 0 spiro atoms. The van der Waals surface area contributed by atoms with Gasteiger partial charge in [-0.05, 0) is 25.3 Å². The number of esters is 2. The molecule has 0 aliphatic carbocycles. The van der Waals surface area contributed by atoms with Crippen LogP contribution >= 0.6 is 0 Å². The maximum atomic E-state index is 11.8. The predicted octanol–water partition coefficient (Wildman–Crippen LogP) is 1.08. The number of amides is 1. The SMILES string of the molecule is COC(=O)[C@@H](CC(C)C)NC(=O)COC(=O)c1cc(C(C)=O)c[nH]1. The number of nitrogens with one attached hydrogen (secondary N) is 2. The van der Waals surface area contributed by atoms with Crippen molar-refractivity contribution in [1.29, 1.82) is 0 Å². The maximum absolute atomic E-state index is 11.8. The molecule has 1 rings (SSSR count). The van der Waals surface area contributed by atoms with Crippen LogP contribution in [-0.2, 0) is 19.1 Å². The largest absolute Gasteiger partial charge is 0.467 e. The molecule has 0 aliphatic rings. The first-order valence-corrected chi connectivity index (χ1v) is 7.48. The van der Waals surface area contributed by atoms with Gasteiger partial charge in [-0.2, -0.15) is 0 Å². The Bertz CT molecular complexity index is 620. The Morgan fingerprint density at radius 2 is 1.92 bits per heavy atom. The minimum Gasteiger partial charge on any atom is -0.467 e. The van der Waals surface area contributed by atoms with Crippen LogP contribution in [0.3, 0.4) is 0 Å². The Balaban J connectivity index is 2.55. The topological polar surface area (TPSA) is 115 Å². The molecule has 1 amide bonds. The van der Waals surface area contributed by atoms with Crippen molar-refractivity contribution < 1.29 is 28.7 Å². The summed E-state index contributed by atoms with van der Waals surface area (Å²) in [6, 6.07) is 0.550. The Morgan fingerprint density at radius 3 is 2.42 bits per heavy atom. The summed E-state index contributed by atoms with van der Waals surface area (Å²) < 4.78 is 9.49. The number of rotatable bonds is 8. The average molecular weight is 338 g/mol. The molecule has 0 radical (unpaired) electrons. The fourth-order valence-corrected chi connectivity index (χ4v) is 1.99. The Kier molecular flexibility index (Phi) is 7.16. The highest BCUT2D eigenvalue weighted by Crippen LogP contribution is 2.07. The predicted molar refractivity (Wildman–Crippen MR) is 84.5 cm³/mol. The molecular formula is C16H22N2O6. The summed E-state index contributed by atoms with van der Waals surface area (Å²) in [5.41, 5.74) is 0.411. The molecule has 0 saturated carbocycles. The van der Waals surface area contributed by atoms with Gasteiger partial charge in [0.2, 0.25) is 0 Å². The number of aromatic nitrogens is 1. The molecule has 24 heavy (non-hydrogen) atoms. The molecule has 0 bridgehead atoms. The van der Waals surface area contributed by atoms with Gasteiger partial charge in [0.05, 0.1) is 7.11 Å². The molecular weight excluding hydrogens is 316 g/mol. The van der Waals surface area contributed by atoms with Gasteiger partial charge >= 0.3 is 11.9 Å². The number of methoxy groups -OCH3 is 1. The van der Waals surface area contributed by atoms with Gasteiger partial charge in [-0.15, -0.1) is 0 Å². The lowest BCUT2D eigenvalue weighted by Crippen LogP contribution is -2.44. The summed E-state index contributed by atoms with van der Waals surface area (Å²) in [5, 5.41) is 2.47. The molecule has 8 heteroatoms. The van der Waals surface area contributed by atoms with Crippen LogP contribution in [0.25, 0.3) is 0 Å². The van der Waals surface area contributed by atoms with Gasteiger partial charge in [0, 0.05) is 11.8 Å². The highest BCUT2D eigenvalue weighted by molar-refractivity contribution is 5.97. The van der Waals surface area contributed by atoms with Crippen LogP contribution in [0.15, 0.2) is 12.3 Å². The van der Waals surface area contributed by atoms with E-state index in [1.165, 1.54) is 26.3 Å². The summed E-state index contributed by atoms with van der Waals surface area (Å²) in [4.78, 5) is 49.0. The summed E-state index contributed by atoms with van der Waals surface area (Å²) in [5.74, 6) is -1.97. The van der Waals surface area contributed by atoms with Crippen molar-refractivity contribution in [2.75, 3.05) is 13.7 Å². The molecule has 1 aromatic rings. The van der Waals surface area contributed by atoms with E-state index in [1.807, 2.05) is 13.8 Å². The van der Waals surface area contributed by atoms with Crippen molar-refractivity contribution in [2.24, 2.45) is 5.92 Å². The van der Waals surface area contributed by atoms with E-state index >= 15 is 0 Å². The highest BCUT2D eigenvalue weighted by atomic mass is 16.5. The number of carbonyl (C=O) groups excluding carboxylic acids is 4. The number of H-pyrrole nitrogens is 1. The van der Waals surface area contributed by atoms with Crippen LogP contribution in [-0.4, -0.2) is 48.4 Å². The second-order valence-corrected chi connectivity index (χ2v) is 5.71. The molecule has 0 fully saturated rings. The molecule has 2 N–H and O–H groups in total. The number of aromatic amines is 1. The molecule has 0 aliphatic heterocycles. The number of hydrogen-bond donors (Lipinski definition) is 2. The van der Waals surface area contributed by atoms with Gasteiger partial charge in [-0.3, -0.25) is 9.59 Å². The van der Waals surface area contributed by atoms with E-state index in [1.54, 1.807) is 0 Å². The molecule has 1 heterocycles. The smallest absolute Gasteiger partial charge is 0.355 e. The van der Waals surface area contributed by atoms with E-state index in [-0.39, 0.29) is 17.4 Å². The number of ether oxygens (including phenoxy) is 2. The fourth-order valence-electron chi connectivity index (χ4n) is 1.99. The van der Waals surface area contributed by atoms with E-state index in [0.717, 1.165) is 0 Å². The maximum Gasteiger partial charge on any atom is 0.355 e. The Hall–Kier alpha value is -2.64. The van der Waals surface area contributed by atoms with Gasteiger partial charge in [-0.1, -0.05) is 13.8 Å². The summed E-state index contributed by atoms with van der Waals surface area (Å²) >= 11 is 0. The first kappa shape index (κ1) is 19.4. The van der Waals surface area contributed by atoms with E-state index in [9.17, 15) is 19.2 Å². The third-order valence-electron chi connectivity index (χ3n) is 3.17. The third kappa shape index (κ3) is 5.86. The first-order chi connectivity index (χ1) is 11.2. The zero-order chi connectivity index (χ0) is 18.3. The van der Waals surface area contributed by atoms with E-state index in [4.69, 9.17) is 4.74 Å². The van der Waals surface area contributed by atoms with E-state index < -0.39 is 30.5 Å². The normalized spacial score (nSPS) is 11.7. The molecule has 0 saturated heterocycles. The Morgan fingerprint density at radius 1 is 1.25 bits per heavy atom. The zero-order valence-corrected chi connectivity index (χ0v) is 14.2. The van der Waals surface area contributed by atoms with Gasteiger partial charge in [0.1, 0.15) is 11.7 Å². The quantitative estimate of drug-likeness (QED) is 0.541.